The zero-order valence-electron chi connectivity index (χ0n) is 35.6. The van der Waals surface area contributed by atoms with E-state index in [0.29, 0.717) is 0 Å². The lowest BCUT2D eigenvalue weighted by atomic mass is 9.67. The van der Waals surface area contributed by atoms with E-state index in [2.05, 4.69) is 264 Å². The number of para-hydroxylation sites is 1. The van der Waals surface area contributed by atoms with Gasteiger partial charge in [-0.15, -0.1) is 0 Å². The standard InChI is InChI=1S/C63H42N2/c1-5-21-43(22-6-1)59-58-37-17-18-40-64(58)62-55-33-14-13-31-51(55)54-35-20-34-50(60(54)61(59)62)44-23-19-30-48(41-44)65(47-28-11-4-12-29-47)49-38-39-53-52-32-15-16-36-56(52)63(57(53)42-49,45-24-7-2-8-25-45)46-26-9-3-10-27-46/h1-42H. The molecular formula is C63H42N2. The highest BCUT2D eigenvalue weighted by Gasteiger charge is 2.46. The molecule has 12 aromatic rings. The highest BCUT2D eigenvalue weighted by molar-refractivity contribution is 6.33. The SMILES string of the molecule is c1ccc(-c2c3c4c(-c5cccc(N(c6ccccc6)c6ccc7c(c6)C(c6ccccc6)(c6ccccc6)c6ccccc6-7)c5)cccc4c4ccccc4c3n3ccccc23)cc1. The van der Waals surface area contributed by atoms with Crippen LogP contribution in [0.2, 0.25) is 0 Å². The molecule has 13 rings (SSSR count). The maximum Gasteiger partial charge on any atom is 0.0714 e. The molecular weight excluding hydrogens is 785 g/mol. The molecule has 0 unspecified atom stereocenters. The van der Waals surface area contributed by atoms with E-state index in [4.69, 9.17) is 0 Å². The van der Waals surface area contributed by atoms with Crippen molar-refractivity contribution in [2.75, 3.05) is 4.90 Å². The quantitative estimate of drug-likeness (QED) is 0.145. The zero-order valence-corrected chi connectivity index (χ0v) is 35.6. The molecule has 1 aliphatic rings. The Bertz CT molecular complexity index is 3720. The molecule has 0 fully saturated rings. The molecule has 0 atom stereocenters. The molecule has 304 valence electrons. The summed E-state index contributed by atoms with van der Waals surface area (Å²) in [5.74, 6) is 0. The molecule has 0 aliphatic heterocycles. The van der Waals surface area contributed by atoms with Gasteiger partial charge in [0.25, 0.3) is 0 Å². The predicted molar refractivity (Wildman–Crippen MR) is 273 cm³/mol. The molecule has 0 bridgehead atoms. The van der Waals surface area contributed by atoms with Crippen molar-refractivity contribution in [2.24, 2.45) is 0 Å². The summed E-state index contributed by atoms with van der Waals surface area (Å²) in [5, 5.41) is 6.29. The lowest BCUT2D eigenvalue weighted by molar-refractivity contribution is 0.768. The van der Waals surface area contributed by atoms with Gasteiger partial charge in [-0.2, -0.15) is 0 Å². The number of aromatic nitrogens is 1. The molecule has 10 aromatic carbocycles. The minimum atomic E-state index is -0.511. The van der Waals surface area contributed by atoms with Crippen molar-refractivity contribution in [1.82, 2.24) is 4.40 Å². The lowest BCUT2D eigenvalue weighted by Gasteiger charge is -2.35. The zero-order chi connectivity index (χ0) is 42.9. The van der Waals surface area contributed by atoms with E-state index in [1.165, 1.54) is 88.0 Å². The predicted octanol–water partition coefficient (Wildman–Crippen LogP) is 16.6. The average Bonchev–Trinajstić information content (AvgIpc) is 3.89. The van der Waals surface area contributed by atoms with Crippen molar-refractivity contribution in [2.45, 2.75) is 5.41 Å². The second kappa shape index (κ2) is 14.8. The number of fused-ring (bicyclic) bond motifs is 11. The Balaban J connectivity index is 1.07. The summed E-state index contributed by atoms with van der Waals surface area (Å²) in [6.45, 7) is 0. The van der Waals surface area contributed by atoms with Gasteiger partial charge in [-0.25, -0.2) is 0 Å². The molecule has 0 N–H and O–H groups in total. The normalized spacial score (nSPS) is 12.7. The van der Waals surface area contributed by atoms with Crippen LogP contribution in [0, 0.1) is 0 Å². The second-order valence-corrected chi connectivity index (χ2v) is 17.2. The number of anilines is 3. The minimum absolute atomic E-state index is 0.511. The average molecular weight is 827 g/mol. The first kappa shape index (κ1) is 37.1. The largest absolute Gasteiger partial charge is 0.315 e. The third-order valence-electron chi connectivity index (χ3n) is 13.8. The van der Waals surface area contributed by atoms with E-state index in [9.17, 15) is 0 Å². The van der Waals surface area contributed by atoms with E-state index in [1.807, 2.05) is 0 Å². The number of nitrogens with zero attached hydrogens (tertiary/aromatic N) is 2. The van der Waals surface area contributed by atoms with Gasteiger partial charge in [0.2, 0.25) is 0 Å². The summed E-state index contributed by atoms with van der Waals surface area (Å²) in [6, 6.07) is 91.5. The first-order valence-electron chi connectivity index (χ1n) is 22.5. The first-order valence-corrected chi connectivity index (χ1v) is 22.5. The van der Waals surface area contributed by atoms with Crippen molar-refractivity contribution in [3.8, 4) is 33.4 Å². The third kappa shape index (κ3) is 5.54. The van der Waals surface area contributed by atoms with Gasteiger partial charge in [0.15, 0.2) is 0 Å². The molecule has 0 radical (unpaired) electrons. The number of pyridine rings is 1. The van der Waals surface area contributed by atoms with Crippen LogP contribution in [0.4, 0.5) is 17.1 Å². The van der Waals surface area contributed by atoms with Gasteiger partial charge in [0.1, 0.15) is 0 Å². The van der Waals surface area contributed by atoms with Crippen LogP contribution in [-0.2, 0) is 5.41 Å². The van der Waals surface area contributed by atoms with Crippen molar-refractivity contribution in [1.29, 1.82) is 0 Å². The van der Waals surface area contributed by atoms with E-state index in [-0.39, 0.29) is 0 Å². The lowest BCUT2D eigenvalue weighted by Crippen LogP contribution is -2.28. The Morgan fingerprint density at radius 1 is 0.338 bits per heavy atom. The number of rotatable bonds is 7. The Hall–Kier alpha value is -8.46. The molecule has 0 spiro atoms. The van der Waals surface area contributed by atoms with Gasteiger partial charge < -0.3 is 9.30 Å². The number of hydrogen-bond acceptors (Lipinski definition) is 1. The smallest absolute Gasteiger partial charge is 0.0714 e. The maximum atomic E-state index is 2.46. The highest BCUT2D eigenvalue weighted by Crippen LogP contribution is 2.57. The van der Waals surface area contributed by atoms with Crippen molar-refractivity contribution in [3.63, 3.8) is 0 Å². The molecule has 1 aliphatic carbocycles. The van der Waals surface area contributed by atoms with E-state index < -0.39 is 5.41 Å². The van der Waals surface area contributed by atoms with Crippen LogP contribution in [0.15, 0.2) is 255 Å². The fourth-order valence-corrected chi connectivity index (χ4v) is 11.2. The molecule has 2 heterocycles. The molecule has 2 heteroatoms. The minimum Gasteiger partial charge on any atom is -0.315 e. The van der Waals surface area contributed by atoms with E-state index >= 15 is 0 Å². The molecule has 0 saturated heterocycles. The summed E-state index contributed by atoms with van der Waals surface area (Å²) >= 11 is 0. The Labute approximate surface area is 378 Å². The van der Waals surface area contributed by atoms with Crippen LogP contribution in [-0.4, -0.2) is 4.40 Å². The van der Waals surface area contributed by atoms with Crippen molar-refractivity contribution < 1.29 is 0 Å². The van der Waals surface area contributed by atoms with Gasteiger partial charge >= 0.3 is 0 Å². The summed E-state index contributed by atoms with van der Waals surface area (Å²) in [5.41, 5.74) is 17.7. The van der Waals surface area contributed by atoms with Crippen LogP contribution >= 0.6 is 0 Å². The second-order valence-electron chi connectivity index (χ2n) is 17.2. The van der Waals surface area contributed by atoms with Gasteiger partial charge in [-0.05, 0) is 109 Å². The van der Waals surface area contributed by atoms with Gasteiger partial charge in [0.05, 0.1) is 16.4 Å². The Kier molecular flexibility index (Phi) is 8.47. The number of benzene rings is 10. The van der Waals surface area contributed by atoms with Crippen molar-refractivity contribution in [3.05, 3.63) is 277 Å². The topological polar surface area (TPSA) is 7.65 Å². The Morgan fingerprint density at radius 3 is 1.66 bits per heavy atom. The Morgan fingerprint density at radius 2 is 0.892 bits per heavy atom. The van der Waals surface area contributed by atoms with E-state index in [0.717, 1.165) is 22.6 Å². The first-order chi connectivity index (χ1) is 32.3. The molecule has 65 heavy (non-hydrogen) atoms. The van der Waals surface area contributed by atoms with Gasteiger partial charge in [-0.1, -0.05) is 200 Å². The summed E-state index contributed by atoms with van der Waals surface area (Å²) in [7, 11) is 0. The van der Waals surface area contributed by atoms with Crippen LogP contribution in [0.3, 0.4) is 0 Å². The van der Waals surface area contributed by atoms with E-state index in [1.54, 1.807) is 0 Å². The molecule has 2 nitrogen and oxygen atoms in total. The monoisotopic (exact) mass is 826 g/mol. The van der Waals surface area contributed by atoms with Crippen LogP contribution in [0.5, 0.6) is 0 Å². The van der Waals surface area contributed by atoms with Crippen LogP contribution in [0.25, 0.3) is 71.3 Å². The highest BCUT2D eigenvalue weighted by atomic mass is 15.1. The summed E-state index contributed by atoms with van der Waals surface area (Å²) in [6.07, 6.45) is 2.22. The molecule has 0 saturated carbocycles. The fraction of sp³-hybridized carbons (Fsp3) is 0.0159. The third-order valence-corrected chi connectivity index (χ3v) is 13.8. The molecule has 2 aromatic heterocycles. The number of hydrogen-bond donors (Lipinski definition) is 0. The fourth-order valence-electron chi connectivity index (χ4n) is 11.2. The van der Waals surface area contributed by atoms with Crippen molar-refractivity contribution >= 4 is 55.0 Å². The van der Waals surface area contributed by atoms with Gasteiger partial charge in [-0.3, -0.25) is 0 Å². The van der Waals surface area contributed by atoms with Crippen LogP contribution < -0.4 is 4.90 Å². The van der Waals surface area contributed by atoms with Gasteiger partial charge in [0, 0.05) is 45.0 Å². The molecule has 0 amide bonds. The van der Waals surface area contributed by atoms with Crippen LogP contribution in [0.1, 0.15) is 22.3 Å². The summed E-state index contributed by atoms with van der Waals surface area (Å²) < 4.78 is 2.40. The maximum absolute atomic E-state index is 2.46. The summed E-state index contributed by atoms with van der Waals surface area (Å²) in [4.78, 5) is 2.44.